The number of hydrogen-bond donors (Lipinski definition) is 2. The van der Waals surface area contributed by atoms with Gasteiger partial charge in [-0.2, -0.15) is 0 Å². The molecule has 3 atom stereocenters. The van der Waals surface area contributed by atoms with Crippen molar-refractivity contribution in [1.82, 2.24) is 15.2 Å². The molecule has 2 amide bonds. The van der Waals surface area contributed by atoms with Gasteiger partial charge < -0.3 is 15.3 Å². The van der Waals surface area contributed by atoms with Crippen LogP contribution in [0.1, 0.15) is 64.6 Å². The quantitative estimate of drug-likeness (QED) is 0.592. The van der Waals surface area contributed by atoms with E-state index in [1.54, 1.807) is 16.2 Å². The molecule has 2 aromatic rings. The van der Waals surface area contributed by atoms with Gasteiger partial charge in [0, 0.05) is 25.4 Å². The smallest absolute Gasteiger partial charge is 0.243 e. The van der Waals surface area contributed by atoms with Crippen molar-refractivity contribution in [2.24, 2.45) is 11.3 Å². The molecule has 7 heteroatoms. The first-order chi connectivity index (χ1) is 15.6. The number of amides is 2. The number of nitrogens with zero attached hydrogens (tertiary/aromatic N) is 2. The van der Waals surface area contributed by atoms with Crippen molar-refractivity contribution in [2.75, 3.05) is 6.54 Å². The summed E-state index contributed by atoms with van der Waals surface area (Å²) in [6, 6.07) is 7.46. The summed E-state index contributed by atoms with van der Waals surface area (Å²) >= 11 is 1.61. The summed E-state index contributed by atoms with van der Waals surface area (Å²) in [6.45, 7) is 10.9. The van der Waals surface area contributed by atoms with Crippen LogP contribution in [0.4, 0.5) is 0 Å². The molecule has 3 rings (SSSR count). The fourth-order valence-electron chi connectivity index (χ4n) is 4.50. The average molecular weight is 472 g/mol. The molecule has 180 valence electrons. The van der Waals surface area contributed by atoms with E-state index >= 15 is 0 Å². The molecule has 6 nitrogen and oxygen atoms in total. The Bertz CT molecular complexity index is 948. The van der Waals surface area contributed by atoms with Gasteiger partial charge in [-0.3, -0.25) is 9.59 Å². The topological polar surface area (TPSA) is 82.5 Å². The van der Waals surface area contributed by atoms with Crippen molar-refractivity contribution in [2.45, 2.75) is 79.0 Å². The van der Waals surface area contributed by atoms with Crippen molar-refractivity contribution in [3.8, 4) is 10.4 Å². The van der Waals surface area contributed by atoms with Gasteiger partial charge in [-0.05, 0) is 29.9 Å². The molecule has 0 saturated carbocycles. The molecule has 1 aromatic carbocycles. The molecule has 0 aliphatic carbocycles. The van der Waals surface area contributed by atoms with Gasteiger partial charge >= 0.3 is 0 Å². The third kappa shape index (κ3) is 6.21. The molecule has 1 saturated heterocycles. The molecule has 0 bridgehead atoms. The molecule has 3 unspecified atom stereocenters. The summed E-state index contributed by atoms with van der Waals surface area (Å²) in [4.78, 5) is 33.5. The Kier molecular flexibility index (Phi) is 8.29. The summed E-state index contributed by atoms with van der Waals surface area (Å²) in [5.74, 6) is -0.386. The van der Waals surface area contributed by atoms with Crippen LogP contribution in [0.5, 0.6) is 0 Å². The van der Waals surface area contributed by atoms with E-state index in [1.165, 1.54) is 0 Å². The number of aromatic nitrogens is 1. The first-order valence-corrected chi connectivity index (χ1v) is 12.8. The van der Waals surface area contributed by atoms with E-state index in [0.717, 1.165) is 41.0 Å². The van der Waals surface area contributed by atoms with Gasteiger partial charge in [0.1, 0.15) is 6.04 Å². The average Bonchev–Trinajstić information content (AvgIpc) is 3.37. The molecule has 1 aromatic heterocycles. The Hall–Kier alpha value is -2.25. The lowest BCUT2D eigenvalue weighted by Crippen LogP contribution is -2.49. The highest BCUT2D eigenvalue weighted by atomic mass is 32.1. The van der Waals surface area contributed by atoms with Crippen LogP contribution in [0.25, 0.3) is 10.4 Å². The Balaban J connectivity index is 1.65. The lowest BCUT2D eigenvalue weighted by Gasteiger charge is -2.35. The van der Waals surface area contributed by atoms with Crippen LogP contribution in [0.3, 0.4) is 0 Å². The van der Waals surface area contributed by atoms with Gasteiger partial charge in [0.2, 0.25) is 11.8 Å². The minimum absolute atomic E-state index is 0.0167. The molecule has 0 spiro atoms. The third-order valence-corrected chi connectivity index (χ3v) is 7.46. The van der Waals surface area contributed by atoms with Gasteiger partial charge in [-0.25, -0.2) is 4.98 Å². The van der Waals surface area contributed by atoms with E-state index in [2.05, 4.69) is 38.0 Å². The number of carbonyl (C=O) groups excluding carboxylic acids is 2. The highest BCUT2D eigenvalue weighted by molar-refractivity contribution is 7.13. The number of nitrogens with one attached hydrogen (secondary N) is 1. The van der Waals surface area contributed by atoms with Crippen LogP contribution in [-0.2, 0) is 16.1 Å². The molecular weight excluding hydrogens is 434 g/mol. The van der Waals surface area contributed by atoms with E-state index < -0.39 is 12.1 Å². The number of unbranched alkanes of at least 4 members (excludes halogenated alkanes) is 1. The number of carbonyl (C=O) groups is 2. The second kappa shape index (κ2) is 10.8. The van der Waals surface area contributed by atoms with Gasteiger partial charge in [0.25, 0.3) is 0 Å². The summed E-state index contributed by atoms with van der Waals surface area (Å²) in [6.07, 6.45) is 2.40. The Morgan fingerprint density at radius 3 is 2.55 bits per heavy atom. The molecule has 0 radical (unpaired) electrons. The SMILES string of the molecule is CCCCC(C(=O)N1CC(O)CC1C(=O)NCc1ccc(-c2scnc2C)cc1)C(C)(C)C. The maximum Gasteiger partial charge on any atom is 0.243 e. The van der Waals surface area contributed by atoms with Gasteiger partial charge in [-0.15, -0.1) is 11.3 Å². The zero-order valence-electron chi connectivity index (χ0n) is 20.4. The van der Waals surface area contributed by atoms with E-state index in [9.17, 15) is 14.7 Å². The summed E-state index contributed by atoms with van der Waals surface area (Å²) < 4.78 is 0. The van der Waals surface area contributed by atoms with Crippen LogP contribution in [-0.4, -0.2) is 45.5 Å². The fourth-order valence-corrected chi connectivity index (χ4v) is 5.31. The van der Waals surface area contributed by atoms with E-state index in [-0.39, 0.29) is 36.1 Å². The summed E-state index contributed by atoms with van der Waals surface area (Å²) in [5.41, 5.74) is 4.76. The van der Waals surface area contributed by atoms with Crippen molar-refractivity contribution < 1.29 is 14.7 Å². The molecule has 1 fully saturated rings. The Morgan fingerprint density at radius 1 is 1.27 bits per heavy atom. The van der Waals surface area contributed by atoms with Gasteiger partial charge in [0.15, 0.2) is 0 Å². The van der Waals surface area contributed by atoms with Crippen molar-refractivity contribution in [3.63, 3.8) is 0 Å². The number of hydrogen-bond acceptors (Lipinski definition) is 5. The van der Waals surface area contributed by atoms with Crippen molar-refractivity contribution >= 4 is 23.2 Å². The molecule has 1 aliphatic heterocycles. The van der Waals surface area contributed by atoms with E-state index in [4.69, 9.17) is 0 Å². The minimum atomic E-state index is -0.668. The third-order valence-electron chi connectivity index (χ3n) is 6.48. The number of aryl methyl sites for hydroxylation is 1. The maximum absolute atomic E-state index is 13.4. The normalized spacial score (nSPS) is 19.5. The Labute approximate surface area is 201 Å². The number of aliphatic hydroxyl groups is 1. The molecule has 2 heterocycles. The predicted octanol–water partition coefficient (Wildman–Crippen LogP) is 4.55. The number of β-amino-alcohol motifs (C(OH)–C–C–N with tert-alkyl or cyclic N) is 1. The first kappa shape index (κ1) is 25.4. The molecule has 33 heavy (non-hydrogen) atoms. The lowest BCUT2D eigenvalue weighted by molar-refractivity contribution is -0.145. The maximum atomic E-state index is 13.4. The molecular formula is C26H37N3O3S. The summed E-state index contributed by atoms with van der Waals surface area (Å²) in [7, 11) is 0. The summed E-state index contributed by atoms with van der Waals surface area (Å²) in [5, 5.41) is 13.3. The van der Waals surface area contributed by atoms with Crippen LogP contribution in [0.15, 0.2) is 29.8 Å². The predicted molar refractivity (Wildman–Crippen MR) is 133 cm³/mol. The lowest BCUT2D eigenvalue weighted by atomic mass is 9.77. The first-order valence-electron chi connectivity index (χ1n) is 11.9. The Morgan fingerprint density at radius 2 is 1.97 bits per heavy atom. The standard InChI is InChI=1S/C26H37N3O3S/c1-6-7-8-21(26(3,4)5)25(32)29-15-20(30)13-22(29)24(31)27-14-18-9-11-19(12-10-18)23-17(2)28-16-33-23/h9-12,16,20-22,30H,6-8,13-15H2,1-5H3,(H,27,31). The van der Waals surface area contributed by atoms with Gasteiger partial charge in [0.05, 0.1) is 22.2 Å². The number of rotatable bonds is 8. The van der Waals surface area contributed by atoms with E-state index in [1.807, 2.05) is 36.7 Å². The monoisotopic (exact) mass is 471 g/mol. The second-order valence-corrected chi connectivity index (χ2v) is 11.0. The van der Waals surface area contributed by atoms with Crippen molar-refractivity contribution in [1.29, 1.82) is 0 Å². The van der Waals surface area contributed by atoms with Crippen LogP contribution in [0, 0.1) is 18.3 Å². The van der Waals surface area contributed by atoms with Crippen molar-refractivity contribution in [3.05, 3.63) is 41.0 Å². The number of aliphatic hydroxyl groups excluding tert-OH is 1. The van der Waals surface area contributed by atoms with Gasteiger partial charge in [-0.1, -0.05) is 64.8 Å². The number of thiazole rings is 1. The fraction of sp³-hybridized carbons (Fsp3) is 0.577. The van der Waals surface area contributed by atoms with Crippen LogP contribution in [0.2, 0.25) is 0 Å². The number of benzene rings is 1. The minimum Gasteiger partial charge on any atom is -0.391 e. The second-order valence-electron chi connectivity index (χ2n) is 10.1. The van der Waals surface area contributed by atoms with E-state index in [0.29, 0.717) is 6.54 Å². The van der Waals surface area contributed by atoms with Crippen LogP contribution >= 0.6 is 11.3 Å². The zero-order chi connectivity index (χ0) is 24.2. The zero-order valence-corrected chi connectivity index (χ0v) is 21.2. The highest BCUT2D eigenvalue weighted by Crippen LogP contribution is 2.34. The number of likely N-dealkylation sites (tertiary alicyclic amines) is 1. The molecule has 2 N–H and O–H groups in total. The molecule has 1 aliphatic rings. The van der Waals surface area contributed by atoms with Crippen LogP contribution < -0.4 is 5.32 Å². The largest absolute Gasteiger partial charge is 0.391 e. The highest BCUT2D eigenvalue weighted by Gasteiger charge is 2.43.